The molecule has 1 aliphatic heterocycles. The predicted molar refractivity (Wildman–Crippen MR) is 74.4 cm³/mol. The summed E-state index contributed by atoms with van der Waals surface area (Å²) in [5.74, 6) is 0.454. The maximum absolute atomic E-state index is 12.1. The molecule has 0 saturated heterocycles. The van der Waals surface area contributed by atoms with Gasteiger partial charge in [-0.2, -0.15) is 5.10 Å². The highest BCUT2D eigenvalue weighted by Crippen LogP contribution is 2.23. The van der Waals surface area contributed by atoms with E-state index in [0.29, 0.717) is 11.4 Å². The number of nitrogens with one attached hydrogen (secondary N) is 2. The number of hydrogen-bond acceptors (Lipinski definition) is 3. The first-order valence-corrected chi connectivity index (χ1v) is 6.40. The number of aromatic nitrogens is 2. The Labute approximate surface area is 111 Å². The van der Waals surface area contributed by atoms with Crippen LogP contribution in [0.2, 0.25) is 0 Å². The molecule has 0 spiro atoms. The van der Waals surface area contributed by atoms with Gasteiger partial charge in [-0.3, -0.25) is 9.48 Å². The first kappa shape index (κ1) is 11.8. The Hall–Kier alpha value is -2.30. The van der Waals surface area contributed by atoms with E-state index in [4.69, 9.17) is 0 Å². The smallest absolute Gasteiger partial charge is 0.256 e. The van der Waals surface area contributed by atoms with E-state index in [1.165, 1.54) is 5.56 Å². The average molecular weight is 256 g/mol. The van der Waals surface area contributed by atoms with Crippen molar-refractivity contribution in [3.63, 3.8) is 0 Å². The standard InChI is InChI=1S/C14H16N4O/c1-18-8-6-13(17-18)16-14(19)11-4-5-12-10(9-11)3-2-7-15-12/h4-6,8-9,15H,2-3,7H2,1H3,(H,16,17,19). The molecule has 2 N–H and O–H groups in total. The number of carbonyl (C=O) groups excluding carboxylic acids is 1. The molecule has 1 amide bonds. The molecule has 5 heteroatoms. The van der Waals surface area contributed by atoms with Crippen LogP contribution < -0.4 is 10.6 Å². The fourth-order valence-electron chi connectivity index (χ4n) is 2.29. The first-order valence-electron chi connectivity index (χ1n) is 6.40. The maximum atomic E-state index is 12.1. The molecule has 0 aliphatic carbocycles. The molecule has 0 unspecified atom stereocenters. The van der Waals surface area contributed by atoms with Crippen molar-refractivity contribution in [3.8, 4) is 0 Å². The van der Waals surface area contributed by atoms with Gasteiger partial charge in [0, 0.05) is 37.1 Å². The van der Waals surface area contributed by atoms with Crippen LogP contribution in [0.3, 0.4) is 0 Å². The Kier molecular flexibility index (Phi) is 2.95. The topological polar surface area (TPSA) is 59.0 Å². The minimum absolute atomic E-state index is 0.118. The minimum Gasteiger partial charge on any atom is -0.385 e. The Morgan fingerprint density at radius 3 is 3.11 bits per heavy atom. The van der Waals surface area contributed by atoms with Gasteiger partial charge in [-0.05, 0) is 36.6 Å². The van der Waals surface area contributed by atoms with Crippen molar-refractivity contribution in [2.24, 2.45) is 7.05 Å². The zero-order chi connectivity index (χ0) is 13.2. The molecule has 98 valence electrons. The normalized spacial score (nSPS) is 13.5. The van der Waals surface area contributed by atoms with Crippen molar-refractivity contribution in [1.82, 2.24) is 9.78 Å². The molecule has 0 bridgehead atoms. The summed E-state index contributed by atoms with van der Waals surface area (Å²) >= 11 is 0. The molecule has 1 aromatic carbocycles. The lowest BCUT2D eigenvalue weighted by atomic mass is 10.0. The lowest BCUT2D eigenvalue weighted by Gasteiger charge is -2.18. The molecule has 19 heavy (non-hydrogen) atoms. The second kappa shape index (κ2) is 4.76. The number of fused-ring (bicyclic) bond motifs is 1. The third-order valence-electron chi connectivity index (χ3n) is 3.26. The highest BCUT2D eigenvalue weighted by atomic mass is 16.1. The van der Waals surface area contributed by atoms with Crippen molar-refractivity contribution in [2.75, 3.05) is 17.2 Å². The number of hydrogen-bond donors (Lipinski definition) is 2. The minimum atomic E-state index is -0.118. The molecule has 0 fully saturated rings. The molecule has 0 radical (unpaired) electrons. The van der Waals surface area contributed by atoms with Gasteiger partial charge in [0.2, 0.25) is 0 Å². The van der Waals surface area contributed by atoms with Crippen LogP contribution in [0, 0.1) is 0 Å². The first-order chi connectivity index (χ1) is 9.22. The fourth-order valence-corrected chi connectivity index (χ4v) is 2.29. The van der Waals surface area contributed by atoms with Crippen LogP contribution in [0.1, 0.15) is 22.3 Å². The summed E-state index contributed by atoms with van der Waals surface area (Å²) in [6.45, 7) is 1.01. The van der Waals surface area contributed by atoms with E-state index in [1.807, 2.05) is 25.2 Å². The van der Waals surface area contributed by atoms with Gasteiger partial charge in [-0.1, -0.05) is 0 Å². The van der Waals surface area contributed by atoms with Gasteiger partial charge in [0.15, 0.2) is 5.82 Å². The molecule has 2 heterocycles. The summed E-state index contributed by atoms with van der Waals surface area (Å²) in [5.41, 5.74) is 3.02. The lowest BCUT2D eigenvalue weighted by molar-refractivity contribution is 0.102. The molecular formula is C14H16N4O. The number of amides is 1. The van der Waals surface area contributed by atoms with Crippen molar-refractivity contribution in [1.29, 1.82) is 0 Å². The Morgan fingerprint density at radius 1 is 1.42 bits per heavy atom. The van der Waals surface area contributed by atoms with Gasteiger partial charge in [0.1, 0.15) is 0 Å². The summed E-state index contributed by atoms with van der Waals surface area (Å²) in [6, 6.07) is 7.55. The maximum Gasteiger partial charge on any atom is 0.256 e. The largest absolute Gasteiger partial charge is 0.385 e. The molecule has 1 aliphatic rings. The SMILES string of the molecule is Cn1ccc(NC(=O)c2ccc3c(c2)CCCN3)n1. The third-order valence-corrected chi connectivity index (χ3v) is 3.26. The second-order valence-corrected chi connectivity index (χ2v) is 4.73. The predicted octanol–water partition coefficient (Wildman–Crippen LogP) is 2.03. The van der Waals surface area contributed by atoms with Crippen molar-refractivity contribution in [3.05, 3.63) is 41.6 Å². The highest BCUT2D eigenvalue weighted by molar-refractivity contribution is 6.04. The van der Waals surface area contributed by atoms with Gasteiger partial charge >= 0.3 is 0 Å². The van der Waals surface area contributed by atoms with E-state index in [9.17, 15) is 4.79 Å². The molecule has 2 aromatic rings. The summed E-state index contributed by atoms with van der Waals surface area (Å²) in [5, 5.41) is 10.3. The Balaban J connectivity index is 1.80. The van der Waals surface area contributed by atoms with Crippen LogP contribution in [0.15, 0.2) is 30.5 Å². The Morgan fingerprint density at radius 2 is 2.32 bits per heavy atom. The number of carbonyl (C=O) groups is 1. The lowest BCUT2D eigenvalue weighted by Crippen LogP contribution is -2.16. The van der Waals surface area contributed by atoms with E-state index in [2.05, 4.69) is 15.7 Å². The van der Waals surface area contributed by atoms with Crippen LogP contribution in [-0.2, 0) is 13.5 Å². The van der Waals surface area contributed by atoms with Gasteiger partial charge in [-0.25, -0.2) is 0 Å². The van der Waals surface area contributed by atoms with Crippen LogP contribution in [0.5, 0.6) is 0 Å². The van der Waals surface area contributed by atoms with Crippen molar-refractivity contribution in [2.45, 2.75) is 12.8 Å². The number of aryl methyl sites for hydroxylation is 2. The summed E-state index contributed by atoms with van der Waals surface area (Å²) in [7, 11) is 1.82. The molecular weight excluding hydrogens is 240 g/mol. The molecule has 1 aromatic heterocycles. The number of anilines is 2. The van der Waals surface area contributed by atoms with E-state index in [1.54, 1.807) is 16.9 Å². The van der Waals surface area contributed by atoms with Crippen LogP contribution >= 0.6 is 0 Å². The van der Waals surface area contributed by atoms with Gasteiger partial charge in [0.25, 0.3) is 5.91 Å². The summed E-state index contributed by atoms with van der Waals surface area (Å²) < 4.78 is 1.66. The fraction of sp³-hybridized carbons (Fsp3) is 0.286. The zero-order valence-electron chi connectivity index (χ0n) is 10.8. The molecule has 0 atom stereocenters. The molecule has 0 saturated carbocycles. The van der Waals surface area contributed by atoms with Gasteiger partial charge < -0.3 is 10.6 Å². The van der Waals surface area contributed by atoms with E-state index in [-0.39, 0.29) is 5.91 Å². The van der Waals surface area contributed by atoms with Crippen LogP contribution in [-0.4, -0.2) is 22.2 Å². The molecule has 3 rings (SSSR count). The van der Waals surface area contributed by atoms with Gasteiger partial charge in [-0.15, -0.1) is 0 Å². The van der Waals surface area contributed by atoms with Crippen molar-refractivity contribution >= 4 is 17.4 Å². The quantitative estimate of drug-likeness (QED) is 0.864. The van der Waals surface area contributed by atoms with E-state index in [0.717, 1.165) is 25.1 Å². The summed E-state index contributed by atoms with van der Waals surface area (Å²) in [6.07, 6.45) is 3.93. The Bertz CT molecular complexity index is 618. The third kappa shape index (κ3) is 2.45. The zero-order valence-corrected chi connectivity index (χ0v) is 10.8. The van der Waals surface area contributed by atoms with Crippen LogP contribution in [0.4, 0.5) is 11.5 Å². The number of nitrogens with zero attached hydrogens (tertiary/aromatic N) is 2. The summed E-state index contributed by atoms with van der Waals surface area (Å²) in [4.78, 5) is 12.1. The van der Waals surface area contributed by atoms with Crippen molar-refractivity contribution < 1.29 is 4.79 Å². The monoisotopic (exact) mass is 256 g/mol. The highest BCUT2D eigenvalue weighted by Gasteiger charge is 2.13. The number of rotatable bonds is 2. The van der Waals surface area contributed by atoms with Crippen LogP contribution in [0.25, 0.3) is 0 Å². The van der Waals surface area contributed by atoms with Gasteiger partial charge in [0.05, 0.1) is 0 Å². The second-order valence-electron chi connectivity index (χ2n) is 4.73. The molecule has 5 nitrogen and oxygen atoms in total. The van der Waals surface area contributed by atoms with E-state index < -0.39 is 0 Å². The van der Waals surface area contributed by atoms with E-state index >= 15 is 0 Å². The average Bonchev–Trinajstić information content (AvgIpc) is 2.83. The number of benzene rings is 1.